The molecule has 2 aromatic carbocycles. The Hall–Kier alpha value is -2.93. The molecule has 0 radical (unpaired) electrons. The molecule has 2 rings (SSSR count). The number of hydrogen-bond acceptors (Lipinski definition) is 2. The largest absolute Gasteiger partial charge is 0.416 e. The highest BCUT2D eigenvalue weighted by molar-refractivity contribution is 5.72. The van der Waals surface area contributed by atoms with Crippen molar-refractivity contribution < 1.29 is 22.0 Å². The number of hydrogen-bond donors (Lipinski definition) is 0. The van der Waals surface area contributed by atoms with Gasteiger partial charge in [0, 0.05) is 5.56 Å². The number of rotatable bonds is 1. The maximum atomic E-state index is 13.3. The number of nitrogens with zero attached hydrogens (tertiary/aromatic N) is 2. The lowest BCUT2D eigenvalue weighted by molar-refractivity contribution is -0.137. The highest BCUT2D eigenvalue weighted by Crippen LogP contribution is 2.34. The van der Waals surface area contributed by atoms with Crippen LogP contribution in [0.25, 0.3) is 11.1 Å². The van der Waals surface area contributed by atoms with E-state index in [1.165, 1.54) is 0 Å². The van der Waals surface area contributed by atoms with E-state index in [1.807, 2.05) is 0 Å². The Morgan fingerprint density at radius 1 is 0.818 bits per heavy atom. The van der Waals surface area contributed by atoms with Gasteiger partial charge < -0.3 is 0 Å². The average molecular weight is 308 g/mol. The van der Waals surface area contributed by atoms with Gasteiger partial charge in [0.05, 0.1) is 28.8 Å². The third kappa shape index (κ3) is 2.89. The van der Waals surface area contributed by atoms with Crippen LogP contribution in [0.3, 0.4) is 0 Å². The second-order valence-corrected chi connectivity index (χ2v) is 4.33. The molecule has 0 aromatic heterocycles. The maximum absolute atomic E-state index is 13.3. The van der Waals surface area contributed by atoms with E-state index >= 15 is 0 Å². The zero-order valence-electron chi connectivity index (χ0n) is 10.7. The van der Waals surface area contributed by atoms with Crippen LogP contribution in [-0.4, -0.2) is 0 Å². The first-order chi connectivity index (χ1) is 10.3. The molecule has 0 aliphatic rings. The molecule has 2 aromatic rings. The normalized spacial score (nSPS) is 10.9. The lowest BCUT2D eigenvalue weighted by Crippen LogP contribution is -2.06. The minimum absolute atomic E-state index is 0.193. The van der Waals surface area contributed by atoms with E-state index in [9.17, 15) is 22.0 Å². The van der Waals surface area contributed by atoms with Crippen LogP contribution in [0.1, 0.15) is 16.7 Å². The monoisotopic (exact) mass is 308 g/mol. The van der Waals surface area contributed by atoms with Crippen molar-refractivity contribution in [3.05, 3.63) is 58.7 Å². The van der Waals surface area contributed by atoms with Crippen LogP contribution in [-0.2, 0) is 6.18 Å². The summed E-state index contributed by atoms with van der Waals surface area (Å²) in [6.07, 6.45) is -4.72. The van der Waals surface area contributed by atoms with Gasteiger partial charge in [0.2, 0.25) is 0 Å². The van der Waals surface area contributed by atoms with Crippen molar-refractivity contribution in [1.29, 1.82) is 10.5 Å². The molecule has 0 aliphatic heterocycles. The van der Waals surface area contributed by atoms with E-state index in [0.717, 1.165) is 6.07 Å². The summed E-state index contributed by atoms with van der Waals surface area (Å²) >= 11 is 0. The predicted molar refractivity (Wildman–Crippen MR) is 66.2 cm³/mol. The van der Waals surface area contributed by atoms with Gasteiger partial charge in [-0.3, -0.25) is 0 Å². The van der Waals surface area contributed by atoms with Gasteiger partial charge in [-0.2, -0.15) is 23.7 Å². The quantitative estimate of drug-likeness (QED) is 0.733. The Kier molecular flexibility index (Phi) is 3.83. The summed E-state index contributed by atoms with van der Waals surface area (Å²) in [5, 5.41) is 17.7. The zero-order chi connectivity index (χ0) is 16.5. The average Bonchev–Trinajstić information content (AvgIpc) is 2.48. The van der Waals surface area contributed by atoms with E-state index in [4.69, 9.17) is 10.5 Å². The Morgan fingerprint density at radius 3 is 2.00 bits per heavy atom. The van der Waals surface area contributed by atoms with Gasteiger partial charge >= 0.3 is 6.18 Å². The first-order valence-electron chi connectivity index (χ1n) is 5.78. The molecule has 0 saturated heterocycles. The van der Waals surface area contributed by atoms with Gasteiger partial charge in [-0.05, 0) is 35.9 Å². The van der Waals surface area contributed by atoms with E-state index in [0.29, 0.717) is 24.3 Å². The van der Waals surface area contributed by atoms with Crippen LogP contribution in [0.15, 0.2) is 30.3 Å². The second-order valence-electron chi connectivity index (χ2n) is 4.33. The molecule has 0 bridgehead atoms. The van der Waals surface area contributed by atoms with E-state index in [-0.39, 0.29) is 22.3 Å². The summed E-state index contributed by atoms with van der Waals surface area (Å²) < 4.78 is 64.9. The molecular weight excluding hydrogens is 303 g/mol. The number of halogens is 5. The topological polar surface area (TPSA) is 47.6 Å². The number of benzene rings is 2. The Morgan fingerprint density at radius 2 is 1.45 bits per heavy atom. The van der Waals surface area contributed by atoms with Crippen molar-refractivity contribution in [2.45, 2.75) is 6.18 Å². The Labute approximate surface area is 121 Å². The third-order valence-electron chi connectivity index (χ3n) is 2.88. The molecule has 0 spiro atoms. The minimum atomic E-state index is -4.72. The SMILES string of the molecule is N#Cc1cc(-c2cc(F)c(F)cc2C#N)cc(C(F)(F)F)c1. The summed E-state index contributed by atoms with van der Waals surface area (Å²) in [5.41, 5.74) is -2.17. The lowest BCUT2D eigenvalue weighted by atomic mass is 9.96. The molecule has 0 unspecified atom stereocenters. The van der Waals surface area contributed by atoms with Crippen molar-refractivity contribution in [2.75, 3.05) is 0 Å². The summed E-state index contributed by atoms with van der Waals surface area (Å²) in [7, 11) is 0. The smallest absolute Gasteiger partial charge is 0.204 e. The summed E-state index contributed by atoms with van der Waals surface area (Å²) in [4.78, 5) is 0. The first kappa shape index (κ1) is 15.5. The number of alkyl halides is 3. The Bertz CT molecular complexity index is 826. The molecule has 0 amide bonds. The van der Waals surface area contributed by atoms with Crippen LogP contribution in [0.2, 0.25) is 0 Å². The van der Waals surface area contributed by atoms with Crippen LogP contribution in [0.5, 0.6) is 0 Å². The molecular formula is C15H5F5N2. The molecule has 0 N–H and O–H groups in total. The standard InChI is InChI=1S/C15H5F5N2/c16-13-4-10(7-22)12(5-14(13)17)9-1-8(6-21)2-11(3-9)15(18,19)20/h1-5H. The van der Waals surface area contributed by atoms with Gasteiger partial charge in [0.25, 0.3) is 0 Å². The molecule has 110 valence electrons. The summed E-state index contributed by atoms with van der Waals surface area (Å²) in [5.74, 6) is -2.59. The summed E-state index contributed by atoms with van der Waals surface area (Å²) in [6.45, 7) is 0. The molecule has 7 heteroatoms. The molecule has 0 heterocycles. The van der Waals surface area contributed by atoms with Gasteiger partial charge in [0.1, 0.15) is 0 Å². The minimum Gasteiger partial charge on any atom is -0.204 e. The van der Waals surface area contributed by atoms with E-state index < -0.39 is 23.4 Å². The number of nitriles is 2. The van der Waals surface area contributed by atoms with E-state index in [2.05, 4.69) is 0 Å². The van der Waals surface area contributed by atoms with Gasteiger partial charge in [-0.25, -0.2) is 8.78 Å². The van der Waals surface area contributed by atoms with E-state index in [1.54, 1.807) is 12.1 Å². The van der Waals surface area contributed by atoms with Gasteiger partial charge in [-0.15, -0.1) is 0 Å². The predicted octanol–water partition coefficient (Wildman–Crippen LogP) is 4.39. The van der Waals surface area contributed by atoms with Crippen LogP contribution < -0.4 is 0 Å². The van der Waals surface area contributed by atoms with Crippen molar-refractivity contribution in [3.8, 4) is 23.3 Å². The summed E-state index contributed by atoms with van der Waals surface area (Å²) in [6, 6.07) is 6.75. The van der Waals surface area contributed by atoms with Crippen molar-refractivity contribution >= 4 is 0 Å². The fourth-order valence-electron chi connectivity index (χ4n) is 1.89. The zero-order valence-corrected chi connectivity index (χ0v) is 10.7. The fraction of sp³-hybridized carbons (Fsp3) is 0.0667. The lowest BCUT2D eigenvalue weighted by Gasteiger charge is -2.11. The van der Waals surface area contributed by atoms with Crippen molar-refractivity contribution in [3.63, 3.8) is 0 Å². The van der Waals surface area contributed by atoms with Gasteiger partial charge in [0.15, 0.2) is 11.6 Å². The molecule has 0 aliphatic carbocycles. The first-order valence-corrected chi connectivity index (χ1v) is 5.78. The molecule has 0 atom stereocenters. The molecule has 0 fully saturated rings. The van der Waals surface area contributed by atoms with Crippen molar-refractivity contribution in [2.24, 2.45) is 0 Å². The molecule has 2 nitrogen and oxygen atoms in total. The van der Waals surface area contributed by atoms with Crippen molar-refractivity contribution in [1.82, 2.24) is 0 Å². The Balaban J connectivity index is 2.76. The maximum Gasteiger partial charge on any atom is 0.416 e. The van der Waals surface area contributed by atoms with Crippen LogP contribution in [0, 0.1) is 34.3 Å². The highest BCUT2D eigenvalue weighted by Gasteiger charge is 2.31. The van der Waals surface area contributed by atoms with Crippen LogP contribution >= 0.6 is 0 Å². The second kappa shape index (κ2) is 5.45. The van der Waals surface area contributed by atoms with Crippen LogP contribution in [0.4, 0.5) is 22.0 Å². The molecule has 0 saturated carbocycles. The fourth-order valence-corrected chi connectivity index (χ4v) is 1.89. The highest BCUT2D eigenvalue weighted by atomic mass is 19.4. The van der Waals surface area contributed by atoms with Gasteiger partial charge in [-0.1, -0.05) is 0 Å². The third-order valence-corrected chi connectivity index (χ3v) is 2.88. The molecule has 22 heavy (non-hydrogen) atoms.